The number of anilines is 1. The molecule has 0 saturated heterocycles. The van der Waals surface area contributed by atoms with Crippen LogP contribution in [-0.4, -0.2) is 54.1 Å². The molecular weight excluding hydrogens is 348 g/mol. The molecule has 3 aromatic rings. The Kier molecular flexibility index (Phi) is 5.59. The number of para-hydroxylation sites is 1. The standard InChI is InChI=1S/C22H30N6/c1-23-13-14-27(2)19-11-5-9-17-22(19)26-20(25-17)15-28(3)18-10-4-7-16-8-6-12-24-21(16)18/h5-6,8-9,11-12,18,23H,4,7,10,13-15H2,1-3H3,(H,25,26). The first kappa shape index (κ1) is 18.9. The molecule has 1 aliphatic carbocycles. The van der Waals surface area contributed by atoms with Crippen molar-refractivity contribution in [3.63, 3.8) is 0 Å². The van der Waals surface area contributed by atoms with E-state index in [0.717, 1.165) is 49.3 Å². The lowest BCUT2D eigenvalue weighted by Gasteiger charge is -2.31. The number of benzene rings is 1. The molecule has 6 nitrogen and oxygen atoms in total. The Balaban J connectivity index is 1.56. The highest BCUT2D eigenvalue weighted by Gasteiger charge is 2.25. The number of nitrogens with one attached hydrogen (secondary N) is 2. The van der Waals surface area contributed by atoms with Crippen LogP contribution in [0.4, 0.5) is 5.69 Å². The molecule has 148 valence electrons. The second kappa shape index (κ2) is 8.29. The zero-order chi connectivity index (χ0) is 19.5. The van der Waals surface area contributed by atoms with Crippen LogP contribution in [0.5, 0.6) is 0 Å². The van der Waals surface area contributed by atoms with E-state index < -0.39 is 0 Å². The Hall–Kier alpha value is -2.44. The third kappa shape index (κ3) is 3.75. The van der Waals surface area contributed by atoms with E-state index >= 15 is 0 Å². The van der Waals surface area contributed by atoms with Gasteiger partial charge in [0.25, 0.3) is 0 Å². The maximum Gasteiger partial charge on any atom is 0.121 e. The minimum Gasteiger partial charge on any atom is -0.372 e. The van der Waals surface area contributed by atoms with Crippen LogP contribution in [0, 0.1) is 0 Å². The zero-order valence-corrected chi connectivity index (χ0v) is 17.1. The third-order valence-corrected chi connectivity index (χ3v) is 5.75. The molecule has 0 spiro atoms. The van der Waals surface area contributed by atoms with Crippen molar-refractivity contribution < 1.29 is 0 Å². The average Bonchev–Trinajstić information content (AvgIpc) is 3.13. The summed E-state index contributed by atoms with van der Waals surface area (Å²) in [5, 5.41) is 3.21. The molecule has 0 amide bonds. The van der Waals surface area contributed by atoms with E-state index in [9.17, 15) is 0 Å². The van der Waals surface area contributed by atoms with Crippen molar-refractivity contribution in [3.05, 3.63) is 53.6 Å². The lowest BCUT2D eigenvalue weighted by Crippen LogP contribution is -2.28. The van der Waals surface area contributed by atoms with Gasteiger partial charge in [0.15, 0.2) is 0 Å². The summed E-state index contributed by atoms with van der Waals surface area (Å²) in [6, 6.07) is 11.0. The maximum atomic E-state index is 4.95. The summed E-state index contributed by atoms with van der Waals surface area (Å²) < 4.78 is 0. The van der Waals surface area contributed by atoms with E-state index in [1.165, 1.54) is 23.4 Å². The SMILES string of the molecule is CNCCN(C)c1cccc2[nH]c(CN(C)C3CCCc4cccnc43)nc12. The Morgan fingerprint density at radius 1 is 1.21 bits per heavy atom. The summed E-state index contributed by atoms with van der Waals surface area (Å²) in [6.45, 7) is 2.68. The first-order valence-corrected chi connectivity index (χ1v) is 10.1. The quantitative estimate of drug-likeness (QED) is 0.661. The van der Waals surface area contributed by atoms with Gasteiger partial charge in [0.1, 0.15) is 11.3 Å². The number of rotatable bonds is 7. The van der Waals surface area contributed by atoms with E-state index in [2.05, 4.69) is 63.4 Å². The maximum absolute atomic E-state index is 4.95. The molecule has 1 unspecified atom stereocenters. The predicted molar refractivity (Wildman–Crippen MR) is 115 cm³/mol. The van der Waals surface area contributed by atoms with Gasteiger partial charge in [0.2, 0.25) is 0 Å². The molecule has 6 heteroatoms. The van der Waals surface area contributed by atoms with Crippen molar-refractivity contribution in [1.82, 2.24) is 25.2 Å². The zero-order valence-electron chi connectivity index (χ0n) is 17.1. The predicted octanol–water partition coefficient (Wildman–Crippen LogP) is 3.12. The number of H-pyrrole nitrogens is 1. The number of aromatic amines is 1. The Bertz CT molecular complexity index is 934. The van der Waals surface area contributed by atoms with Gasteiger partial charge in [-0.2, -0.15) is 0 Å². The van der Waals surface area contributed by atoms with Gasteiger partial charge in [0, 0.05) is 26.3 Å². The van der Waals surface area contributed by atoms with Gasteiger partial charge in [-0.05, 0) is 57.1 Å². The number of pyridine rings is 1. The van der Waals surface area contributed by atoms with Crippen LogP contribution in [0.3, 0.4) is 0 Å². The number of aromatic nitrogens is 3. The molecule has 1 aromatic carbocycles. The van der Waals surface area contributed by atoms with Crippen molar-refractivity contribution in [2.24, 2.45) is 0 Å². The summed E-state index contributed by atoms with van der Waals surface area (Å²) in [7, 11) is 6.29. The largest absolute Gasteiger partial charge is 0.372 e. The lowest BCUT2D eigenvalue weighted by atomic mass is 9.91. The van der Waals surface area contributed by atoms with Gasteiger partial charge in [-0.3, -0.25) is 9.88 Å². The fourth-order valence-electron chi connectivity index (χ4n) is 4.21. The second-order valence-electron chi connectivity index (χ2n) is 7.75. The van der Waals surface area contributed by atoms with E-state index in [0.29, 0.717) is 6.04 Å². The van der Waals surface area contributed by atoms with Crippen LogP contribution in [0.15, 0.2) is 36.5 Å². The van der Waals surface area contributed by atoms with E-state index in [1.54, 1.807) is 0 Å². The summed E-state index contributed by atoms with van der Waals surface area (Å²) >= 11 is 0. The van der Waals surface area contributed by atoms with Gasteiger partial charge < -0.3 is 15.2 Å². The number of imidazole rings is 1. The molecule has 0 saturated carbocycles. The highest BCUT2D eigenvalue weighted by Crippen LogP contribution is 2.33. The van der Waals surface area contributed by atoms with Crippen LogP contribution < -0.4 is 10.2 Å². The fraction of sp³-hybridized carbons (Fsp3) is 0.455. The number of aryl methyl sites for hydroxylation is 1. The smallest absolute Gasteiger partial charge is 0.121 e. The van der Waals surface area contributed by atoms with E-state index in [4.69, 9.17) is 4.98 Å². The van der Waals surface area contributed by atoms with Gasteiger partial charge >= 0.3 is 0 Å². The number of likely N-dealkylation sites (N-methyl/N-ethyl adjacent to an activating group) is 2. The fourth-order valence-corrected chi connectivity index (χ4v) is 4.21. The van der Waals surface area contributed by atoms with Crippen molar-refractivity contribution in [2.75, 3.05) is 39.1 Å². The van der Waals surface area contributed by atoms with Crippen LogP contribution in [-0.2, 0) is 13.0 Å². The van der Waals surface area contributed by atoms with Crippen molar-refractivity contribution in [3.8, 4) is 0 Å². The Morgan fingerprint density at radius 2 is 2.11 bits per heavy atom. The molecular formula is C22H30N6. The molecule has 2 N–H and O–H groups in total. The molecule has 0 aliphatic heterocycles. The molecule has 1 aliphatic rings. The average molecular weight is 379 g/mol. The summed E-state index contributed by atoms with van der Waals surface area (Å²) in [6.07, 6.45) is 5.42. The van der Waals surface area contributed by atoms with Crippen LogP contribution in [0.2, 0.25) is 0 Å². The molecule has 2 aromatic heterocycles. The molecule has 4 rings (SSSR count). The first-order chi connectivity index (χ1) is 13.7. The molecule has 2 heterocycles. The van der Waals surface area contributed by atoms with Gasteiger partial charge in [-0.25, -0.2) is 4.98 Å². The second-order valence-corrected chi connectivity index (χ2v) is 7.75. The normalized spacial score (nSPS) is 16.5. The topological polar surface area (TPSA) is 60.1 Å². The minimum absolute atomic E-state index is 0.357. The van der Waals surface area contributed by atoms with Crippen LogP contribution in [0.1, 0.15) is 36.0 Å². The Labute approximate surface area is 167 Å². The van der Waals surface area contributed by atoms with E-state index in [1.807, 2.05) is 19.3 Å². The molecule has 0 radical (unpaired) electrons. The Morgan fingerprint density at radius 3 is 2.96 bits per heavy atom. The summed E-state index contributed by atoms with van der Waals surface area (Å²) in [5.74, 6) is 1.01. The number of hydrogen-bond donors (Lipinski definition) is 2. The van der Waals surface area contributed by atoms with Crippen molar-refractivity contribution >= 4 is 16.7 Å². The first-order valence-electron chi connectivity index (χ1n) is 10.1. The molecule has 0 fully saturated rings. The summed E-state index contributed by atoms with van der Waals surface area (Å²) in [4.78, 5) is 17.8. The molecule has 0 bridgehead atoms. The number of hydrogen-bond acceptors (Lipinski definition) is 5. The minimum atomic E-state index is 0.357. The van der Waals surface area contributed by atoms with Crippen LogP contribution in [0.25, 0.3) is 11.0 Å². The van der Waals surface area contributed by atoms with Crippen molar-refractivity contribution in [2.45, 2.75) is 31.8 Å². The highest BCUT2D eigenvalue weighted by molar-refractivity contribution is 5.88. The molecule has 28 heavy (non-hydrogen) atoms. The van der Waals surface area contributed by atoms with E-state index in [-0.39, 0.29) is 0 Å². The number of fused-ring (bicyclic) bond motifs is 2. The molecule has 1 atom stereocenters. The lowest BCUT2D eigenvalue weighted by molar-refractivity contribution is 0.204. The van der Waals surface area contributed by atoms with Gasteiger partial charge in [-0.1, -0.05) is 12.1 Å². The van der Waals surface area contributed by atoms with Gasteiger partial charge in [-0.15, -0.1) is 0 Å². The monoisotopic (exact) mass is 378 g/mol. The third-order valence-electron chi connectivity index (χ3n) is 5.75. The summed E-state index contributed by atoms with van der Waals surface area (Å²) in [5.41, 5.74) is 5.94. The van der Waals surface area contributed by atoms with Crippen LogP contribution >= 0.6 is 0 Å². The highest BCUT2D eigenvalue weighted by atomic mass is 15.2. The van der Waals surface area contributed by atoms with Crippen molar-refractivity contribution in [1.29, 1.82) is 0 Å². The van der Waals surface area contributed by atoms with Gasteiger partial charge in [0.05, 0.1) is 29.5 Å². The number of nitrogens with zero attached hydrogens (tertiary/aromatic N) is 4.